The van der Waals surface area contributed by atoms with E-state index in [0.29, 0.717) is 24.7 Å². The van der Waals surface area contributed by atoms with Gasteiger partial charge in [0.1, 0.15) is 6.61 Å². The lowest BCUT2D eigenvalue weighted by Gasteiger charge is -2.12. The first-order valence-corrected chi connectivity index (χ1v) is 8.80. The van der Waals surface area contributed by atoms with Gasteiger partial charge in [-0.25, -0.2) is 0 Å². The molecule has 0 atom stereocenters. The Bertz CT molecular complexity index is 980. The zero-order valence-corrected chi connectivity index (χ0v) is 15.6. The van der Waals surface area contributed by atoms with E-state index in [1.165, 1.54) is 13.0 Å². The van der Waals surface area contributed by atoms with Gasteiger partial charge in [-0.3, -0.25) is 10.1 Å². The van der Waals surface area contributed by atoms with Gasteiger partial charge < -0.3 is 14.0 Å². The first-order valence-electron chi connectivity index (χ1n) is 8.80. The molecule has 0 radical (unpaired) electrons. The van der Waals surface area contributed by atoms with Crippen LogP contribution in [0.5, 0.6) is 11.5 Å². The summed E-state index contributed by atoms with van der Waals surface area (Å²) in [5.74, 6) is 1.33. The number of hydrogen-bond donors (Lipinski definition) is 0. The van der Waals surface area contributed by atoms with Gasteiger partial charge in [-0.15, -0.1) is 0 Å². The molecule has 0 amide bonds. The van der Waals surface area contributed by atoms with Crippen LogP contribution in [-0.2, 0) is 6.61 Å². The lowest BCUT2D eigenvalue weighted by molar-refractivity contribution is -0.386. The van der Waals surface area contributed by atoms with Gasteiger partial charge in [0.05, 0.1) is 11.5 Å². The summed E-state index contributed by atoms with van der Waals surface area (Å²) < 4.78 is 16.6. The van der Waals surface area contributed by atoms with E-state index in [0.717, 1.165) is 11.1 Å². The van der Waals surface area contributed by atoms with Crippen molar-refractivity contribution in [3.63, 3.8) is 0 Å². The summed E-state index contributed by atoms with van der Waals surface area (Å²) in [7, 11) is 0. The molecule has 0 saturated heterocycles. The van der Waals surface area contributed by atoms with E-state index < -0.39 is 4.92 Å². The molecule has 1 heterocycles. The Labute approximate surface area is 162 Å². The number of hydrogen-bond acceptors (Lipinski definition) is 6. The van der Waals surface area contributed by atoms with Crippen LogP contribution >= 0.6 is 0 Å². The zero-order valence-electron chi connectivity index (χ0n) is 15.6. The topological polar surface area (TPSA) is 87.6 Å². The predicted molar refractivity (Wildman–Crippen MR) is 105 cm³/mol. The predicted octanol–water partition coefficient (Wildman–Crippen LogP) is 5.04. The lowest BCUT2D eigenvalue weighted by atomic mass is 10.1. The molecule has 1 aromatic heterocycles. The highest BCUT2D eigenvalue weighted by atomic mass is 16.6. The first kappa shape index (κ1) is 19.2. The van der Waals surface area contributed by atoms with Crippen LogP contribution in [0.15, 0.2) is 53.1 Å². The molecule has 0 bridgehead atoms. The molecule has 0 saturated carbocycles. The molecule has 144 valence electrons. The summed E-state index contributed by atoms with van der Waals surface area (Å²) in [5.41, 5.74) is 1.95. The summed E-state index contributed by atoms with van der Waals surface area (Å²) in [6, 6.07) is 15.3. The van der Waals surface area contributed by atoms with E-state index in [4.69, 9.17) is 14.0 Å². The van der Waals surface area contributed by atoms with Crippen molar-refractivity contribution in [1.29, 1.82) is 0 Å². The molecule has 3 aromatic rings. The SMILES string of the molecule is CCOc1cc(/C=C\c2onc(C)c2[N+](=O)[O-])ccc1OCc1ccccc1. The second-order valence-electron chi connectivity index (χ2n) is 5.98. The number of nitro groups is 1. The van der Waals surface area contributed by atoms with Crippen LogP contribution in [0.1, 0.15) is 29.5 Å². The van der Waals surface area contributed by atoms with Gasteiger partial charge in [0.25, 0.3) is 0 Å². The molecule has 28 heavy (non-hydrogen) atoms. The summed E-state index contributed by atoms with van der Waals surface area (Å²) in [4.78, 5) is 10.6. The van der Waals surface area contributed by atoms with Crippen LogP contribution in [0.2, 0.25) is 0 Å². The molecule has 7 nitrogen and oxygen atoms in total. The minimum atomic E-state index is -0.502. The fourth-order valence-electron chi connectivity index (χ4n) is 2.64. The summed E-state index contributed by atoms with van der Waals surface area (Å²) in [5, 5.41) is 14.8. The van der Waals surface area contributed by atoms with Gasteiger partial charge in [-0.1, -0.05) is 47.6 Å². The Morgan fingerprint density at radius 2 is 1.89 bits per heavy atom. The molecule has 0 N–H and O–H groups in total. The first-order chi connectivity index (χ1) is 13.6. The van der Waals surface area contributed by atoms with Crippen LogP contribution in [0, 0.1) is 17.0 Å². The van der Waals surface area contributed by atoms with Crippen LogP contribution in [0.4, 0.5) is 5.69 Å². The normalized spacial score (nSPS) is 10.9. The van der Waals surface area contributed by atoms with Crippen molar-refractivity contribution in [2.45, 2.75) is 20.5 Å². The van der Waals surface area contributed by atoms with E-state index in [-0.39, 0.29) is 17.1 Å². The van der Waals surface area contributed by atoms with Crippen molar-refractivity contribution in [2.75, 3.05) is 6.61 Å². The van der Waals surface area contributed by atoms with E-state index in [1.807, 2.05) is 55.5 Å². The molecular weight excluding hydrogens is 360 g/mol. The molecular formula is C21H20N2O5. The Hall–Kier alpha value is -3.61. The van der Waals surface area contributed by atoms with Gasteiger partial charge in [0.2, 0.25) is 5.76 Å². The van der Waals surface area contributed by atoms with Crippen molar-refractivity contribution >= 4 is 17.8 Å². The average molecular weight is 380 g/mol. The zero-order chi connectivity index (χ0) is 19.9. The van der Waals surface area contributed by atoms with Crippen LogP contribution in [0.3, 0.4) is 0 Å². The molecule has 0 aliphatic rings. The summed E-state index contributed by atoms with van der Waals surface area (Å²) >= 11 is 0. The monoisotopic (exact) mass is 380 g/mol. The molecule has 3 rings (SSSR count). The number of nitrogens with zero attached hydrogens (tertiary/aromatic N) is 2. The van der Waals surface area contributed by atoms with Gasteiger partial charge in [-0.05, 0) is 43.2 Å². The fourth-order valence-corrected chi connectivity index (χ4v) is 2.64. The third-order valence-corrected chi connectivity index (χ3v) is 3.97. The van der Waals surface area contributed by atoms with E-state index >= 15 is 0 Å². The molecule has 0 fully saturated rings. The molecule has 7 heteroatoms. The standard InChI is InChI=1S/C21H20N2O5/c1-3-26-20-13-16(10-12-19-21(23(24)25)15(2)22-28-19)9-11-18(20)27-14-17-7-5-4-6-8-17/h4-13H,3,14H2,1-2H3/b12-10-. The molecule has 0 spiro atoms. The highest BCUT2D eigenvalue weighted by molar-refractivity contribution is 5.72. The number of rotatable bonds is 8. The molecule has 2 aromatic carbocycles. The largest absolute Gasteiger partial charge is 0.490 e. The molecule has 0 unspecified atom stereocenters. The van der Waals surface area contributed by atoms with Gasteiger partial charge in [-0.2, -0.15) is 0 Å². The Kier molecular flexibility index (Phi) is 6.06. The van der Waals surface area contributed by atoms with E-state index in [9.17, 15) is 10.1 Å². The van der Waals surface area contributed by atoms with Crippen LogP contribution in [-0.4, -0.2) is 16.7 Å². The number of aryl methyl sites for hydroxylation is 1. The van der Waals surface area contributed by atoms with Crippen molar-refractivity contribution in [2.24, 2.45) is 0 Å². The molecule has 0 aliphatic carbocycles. The minimum absolute atomic E-state index is 0.102. The summed E-state index contributed by atoms with van der Waals surface area (Å²) in [6.45, 7) is 4.34. The Morgan fingerprint density at radius 1 is 1.11 bits per heavy atom. The minimum Gasteiger partial charge on any atom is -0.490 e. The number of aromatic nitrogens is 1. The van der Waals surface area contributed by atoms with Gasteiger partial charge in [0, 0.05) is 0 Å². The van der Waals surface area contributed by atoms with E-state index in [1.54, 1.807) is 6.08 Å². The maximum Gasteiger partial charge on any atom is 0.338 e. The second kappa shape index (κ2) is 8.85. The van der Waals surface area contributed by atoms with Crippen LogP contribution < -0.4 is 9.47 Å². The smallest absolute Gasteiger partial charge is 0.338 e. The van der Waals surface area contributed by atoms with Crippen molar-refractivity contribution in [1.82, 2.24) is 5.16 Å². The maximum absolute atomic E-state index is 11.1. The lowest BCUT2D eigenvalue weighted by Crippen LogP contribution is -1.99. The fraction of sp³-hybridized carbons (Fsp3) is 0.190. The average Bonchev–Trinajstić information content (AvgIpc) is 3.07. The van der Waals surface area contributed by atoms with Crippen molar-refractivity contribution in [3.05, 3.63) is 81.2 Å². The van der Waals surface area contributed by atoms with Gasteiger partial charge in [0.15, 0.2) is 17.2 Å². The highest BCUT2D eigenvalue weighted by Crippen LogP contribution is 2.31. The van der Waals surface area contributed by atoms with E-state index in [2.05, 4.69) is 5.16 Å². The second-order valence-corrected chi connectivity index (χ2v) is 5.98. The maximum atomic E-state index is 11.1. The third-order valence-electron chi connectivity index (χ3n) is 3.97. The quantitative estimate of drug-likeness (QED) is 0.402. The van der Waals surface area contributed by atoms with Crippen LogP contribution in [0.25, 0.3) is 12.2 Å². The van der Waals surface area contributed by atoms with Gasteiger partial charge >= 0.3 is 5.69 Å². The number of ether oxygens (including phenoxy) is 2. The van der Waals surface area contributed by atoms with Crippen molar-refractivity contribution in [3.8, 4) is 11.5 Å². The van der Waals surface area contributed by atoms with Crippen molar-refractivity contribution < 1.29 is 18.9 Å². The molecule has 0 aliphatic heterocycles. The Balaban J connectivity index is 1.79. The highest BCUT2D eigenvalue weighted by Gasteiger charge is 2.21. The Morgan fingerprint density at radius 3 is 2.61 bits per heavy atom. The third kappa shape index (κ3) is 4.56. The number of benzene rings is 2. The summed E-state index contributed by atoms with van der Waals surface area (Å²) in [6.07, 6.45) is 3.23.